The molecule has 1 atom stereocenters. The van der Waals surface area contributed by atoms with E-state index in [1.807, 2.05) is 36.4 Å². The van der Waals surface area contributed by atoms with E-state index in [9.17, 15) is 4.79 Å². The standard InChI is InChI=1S/C18H18N2O3/c1-3-10-23-15-9-8-12(11-16(15)22-2)17-19-14-7-5-4-6-13(14)18(21)20-17/h3-9,11,17,19H,1,10H2,2H3,(H,20,21)/t17-/m0/s1. The lowest BCUT2D eigenvalue weighted by Crippen LogP contribution is -2.38. The van der Waals surface area contributed by atoms with Gasteiger partial charge in [0, 0.05) is 5.69 Å². The molecule has 0 saturated heterocycles. The van der Waals surface area contributed by atoms with Gasteiger partial charge in [0.25, 0.3) is 5.91 Å². The molecule has 1 amide bonds. The lowest BCUT2D eigenvalue weighted by molar-refractivity contribution is 0.0935. The summed E-state index contributed by atoms with van der Waals surface area (Å²) in [5.74, 6) is 1.15. The normalized spacial score (nSPS) is 15.9. The third kappa shape index (κ3) is 2.99. The first-order valence-corrected chi connectivity index (χ1v) is 7.31. The molecule has 0 aliphatic carbocycles. The maximum absolute atomic E-state index is 12.2. The predicted molar refractivity (Wildman–Crippen MR) is 89.0 cm³/mol. The fourth-order valence-electron chi connectivity index (χ4n) is 2.51. The molecule has 0 unspecified atom stereocenters. The van der Waals surface area contributed by atoms with Crippen LogP contribution in [0, 0.1) is 0 Å². The number of para-hydroxylation sites is 1. The molecule has 0 saturated carbocycles. The van der Waals surface area contributed by atoms with Crippen molar-refractivity contribution in [1.82, 2.24) is 5.32 Å². The van der Waals surface area contributed by atoms with Crippen molar-refractivity contribution in [2.24, 2.45) is 0 Å². The van der Waals surface area contributed by atoms with Gasteiger partial charge in [-0.1, -0.05) is 30.9 Å². The second-order valence-corrected chi connectivity index (χ2v) is 5.11. The quantitative estimate of drug-likeness (QED) is 0.833. The molecular formula is C18H18N2O3. The molecule has 2 aromatic rings. The highest BCUT2D eigenvalue weighted by atomic mass is 16.5. The van der Waals surface area contributed by atoms with Gasteiger partial charge in [-0.3, -0.25) is 4.79 Å². The van der Waals surface area contributed by atoms with Crippen molar-refractivity contribution < 1.29 is 14.3 Å². The van der Waals surface area contributed by atoms with E-state index in [-0.39, 0.29) is 12.1 Å². The molecular weight excluding hydrogens is 292 g/mol. The topological polar surface area (TPSA) is 59.6 Å². The summed E-state index contributed by atoms with van der Waals surface area (Å²) in [7, 11) is 1.59. The van der Waals surface area contributed by atoms with Crippen LogP contribution in [0.3, 0.4) is 0 Å². The van der Waals surface area contributed by atoms with Crippen LogP contribution in [-0.4, -0.2) is 19.6 Å². The molecule has 5 heteroatoms. The summed E-state index contributed by atoms with van der Waals surface area (Å²) >= 11 is 0. The highest BCUT2D eigenvalue weighted by Gasteiger charge is 2.24. The molecule has 5 nitrogen and oxygen atoms in total. The number of carbonyl (C=O) groups is 1. The average Bonchev–Trinajstić information content (AvgIpc) is 2.59. The maximum Gasteiger partial charge on any atom is 0.255 e. The van der Waals surface area contributed by atoms with E-state index < -0.39 is 0 Å². The van der Waals surface area contributed by atoms with Crippen LogP contribution in [0.2, 0.25) is 0 Å². The number of amides is 1. The van der Waals surface area contributed by atoms with Gasteiger partial charge in [0.1, 0.15) is 12.8 Å². The number of anilines is 1. The Hall–Kier alpha value is -2.95. The van der Waals surface area contributed by atoms with Crippen LogP contribution in [-0.2, 0) is 0 Å². The number of rotatable bonds is 5. The van der Waals surface area contributed by atoms with Gasteiger partial charge < -0.3 is 20.1 Å². The van der Waals surface area contributed by atoms with Gasteiger partial charge in [-0.25, -0.2) is 0 Å². The molecule has 1 aliphatic rings. The summed E-state index contributed by atoms with van der Waals surface area (Å²) in [5, 5.41) is 6.25. The van der Waals surface area contributed by atoms with Crippen molar-refractivity contribution >= 4 is 11.6 Å². The van der Waals surface area contributed by atoms with Crippen LogP contribution in [0.15, 0.2) is 55.1 Å². The summed E-state index contributed by atoms with van der Waals surface area (Å²) in [4.78, 5) is 12.2. The van der Waals surface area contributed by atoms with Crippen LogP contribution in [0.1, 0.15) is 22.1 Å². The van der Waals surface area contributed by atoms with Crippen molar-refractivity contribution in [2.45, 2.75) is 6.17 Å². The van der Waals surface area contributed by atoms with Crippen molar-refractivity contribution in [2.75, 3.05) is 19.0 Å². The van der Waals surface area contributed by atoms with Crippen LogP contribution in [0.5, 0.6) is 11.5 Å². The Bertz CT molecular complexity index is 743. The third-order valence-electron chi connectivity index (χ3n) is 3.62. The largest absolute Gasteiger partial charge is 0.493 e. The van der Waals surface area contributed by atoms with Crippen LogP contribution in [0.4, 0.5) is 5.69 Å². The predicted octanol–water partition coefficient (Wildman–Crippen LogP) is 3.11. The monoisotopic (exact) mass is 310 g/mol. The van der Waals surface area contributed by atoms with Gasteiger partial charge in [-0.05, 0) is 29.8 Å². The number of hydrogen-bond donors (Lipinski definition) is 2. The summed E-state index contributed by atoms with van der Waals surface area (Å²) in [6, 6.07) is 13.0. The zero-order chi connectivity index (χ0) is 16.2. The Morgan fingerprint density at radius 2 is 2.00 bits per heavy atom. The Morgan fingerprint density at radius 1 is 1.17 bits per heavy atom. The Labute approximate surface area is 134 Å². The van der Waals surface area contributed by atoms with Crippen LogP contribution in [0.25, 0.3) is 0 Å². The lowest BCUT2D eigenvalue weighted by Gasteiger charge is -2.28. The molecule has 2 aromatic carbocycles. The number of carbonyl (C=O) groups excluding carboxylic acids is 1. The van der Waals surface area contributed by atoms with Crippen LogP contribution < -0.4 is 20.1 Å². The molecule has 2 N–H and O–H groups in total. The molecule has 0 spiro atoms. The minimum absolute atomic E-state index is 0.102. The Kier molecular flexibility index (Phi) is 4.19. The molecule has 3 rings (SSSR count). The molecule has 0 aromatic heterocycles. The fourth-order valence-corrected chi connectivity index (χ4v) is 2.51. The zero-order valence-electron chi connectivity index (χ0n) is 12.8. The molecule has 118 valence electrons. The minimum atomic E-state index is -0.320. The molecule has 23 heavy (non-hydrogen) atoms. The van der Waals surface area contributed by atoms with E-state index >= 15 is 0 Å². The van der Waals surface area contributed by atoms with Gasteiger partial charge in [0.15, 0.2) is 11.5 Å². The molecule has 1 aliphatic heterocycles. The SMILES string of the molecule is C=CCOc1ccc([C@@H]2NC(=O)c3ccccc3N2)cc1OC. The fraction of sp³-hybridized carbons (Fsp3) is 0.167. The number of fused-ring (bicyclic) bond motifs is 1. The van der Waals surface area contributed by atoms with E-state index in [4.69, 9.17) is 9.47 Å². The first-order valence-electron chi connectivity index (χ1n) is 7.31. The highest BCUT2D eigenvalue weighted by Crippen LogP contribution is 2.32. The maximum atomic E-state index is 12.2. The number of methoxy groups -OCH3 is 1. The zero-order valence-corrected chi connectivity index (χ0v) is 12.8. The van der Waals surface area contributed by atoms with Crippen molar-refractivity contribution in [3.63, 3.8) is 0 Å². The Morgan fingerprint density at radius 3 is 2.78 bits per heavy atom. The number of ether oxygens (including phenoxy) is 2. The van der Waals surface area contributed by atoms with Crippen molar-refractivity contribution in [1.29, 1.82) is 0 Å². The lowest BCUT2D eigenvalue weighted by atomic mass is 10.1. The average molecular weight is 310 g/mol. The first kappa shape index (κ1) is 15.0. The molecule has 0 fully saturated rings. The second-order valence-electron chi connectivity index (χ2n) is 5.11. The van der Waals surface area contributed by atoms with Crippen molar-refractivity contribution in [3.05, 3.63) is 66.2 Å². The third-order valence-corrected chi connectivity index (χ3v) is 3.62. The van der Waals surface area contributed by atoms with Gasteiger partial charge in [0.05, 0.1) is 12.7 Å². The van der Waals surface area contributed by atoms with E-state index in [0.29, 0.717) is 23.7 Å². The molecule has 1 heterocycles. The Balaban J connectivity index is 1.88. The van der Waals surface area contributed by atoms with Crippen LogP contribution >= 0.6 is 0 Å². The van der Waals surface area contributed by atoms with E-state index in [2.05, 4.69) is 17.2 Å². The highest BCUT2D eigenvalue weighted by molar-refractivity contribution is 6.01. The number of hydrogen-bond acceptors (Lipinski definition) is 4. The van der Waals surface area contributed by atoms with Gasteiger partial charge in [-0.2, -0.15) is 0 Å². The smallest absolute Gasteiger partial charge is 0.255 e. The number of nitrogens with one attached hydrogen (secondary N) is 2. The van der Waals surface area contributed by atoms with Gasteiger partial charge in [0.2, 0.25) is 0 Å². The van der Waals surface area contributed by atoms with E-state index in [0.717, 1.165) is 11.3 Å². The number of benzene rings is 2. The first-order chi connectivity index (χ1) is 11.2. The summed E-state index contributed by atoms with van der Waals surface area (Å²) < 4.78 is 10.9. The van der Waals surface area contributed by atoms with Gasteiger partial charge >= 0.3 is 0 Å². The molecule has 0 bridgehead atoms. The second kappa shape index (κ2) is 6.44. The molecule has 0 radical (unpaired) electrons. The van der Waals surface area contributed by atoms with E-state index in [1.54, 1.807) is 19.3 Å². The summed E-state index contributed by atoms with van der Waals surface area (Å²) in [5.41, 5.74) is 2.34. The van der Waals surface area contributed by atoms with Gasteiger partial charge in [-0.15, -0.1) is 0 Å². The summed E-state index contributed by atoms with van der Waals surface area (Å²) in [6.07, 6.45) is 1.35. The van der Waals surface area contributed by atoms with Crippen molar-refractivity contribution in [3.8, 4) is 11.5 Å². The summed E-state index contributed by atoms with van der Waals surface area (Å²) in [6.45, 7) is 4.03. The van der Waals surface area contributed by atoms with E-state index in [1.165, 1.54) is 0 Å². The minimum Gasteiger partial charge on any atom is -0.493 e.